The summed E-state index contributed by atoms with van der Waals surface area (Å²) in [6.07, 6.45) is 0. The molecule has 1 aromatic carbocycles. The molecule has 0 unspecified atom stereocenters. The predicted octanol–water partition coefficient (Wildman–Crippen LogP) is 1.20. The highest BCUT2D eigenvalue weighted by Gasteiger charge is 2.17. The second kappa shape index (κ2) is 2.73. The number of fused-ring (bicyclic) bond motifs is 2. The van der Waals surface area contributed by atoms with E-state index in [9.17, 15) is 4.79 Å². The lowest BCUT2D eigenvalue weighted by atomic mass is 10.2. The normalized spacial score (nSPS) is 14.6. The Kier molecular flexibility index (Phi) is 1.50. The van der Waals surface area contributed by atoms with Gasteiger partial charge >= 0.3 is 0 Å². The zero-order valence-electron chi connectivity index (χ0n) is 8.13. The summed E-state index contributed by atoms with van der Waals surface area (Å²) in [5.41, 5.74) is 2.45. The summed E-state index contributed by atoms with van der Waals surface area (Å²) in [6.45, 7) is 1.96. The van der Waals surface area contributed by atoms with Crippen molar-refractivity contribution >= 4 is 22.6 Å². The van der Waals surface area contributed by atoms with Crippen LogP contribution in [0, 0.1) is 6.92 Å². The average Bonchev–Trinajstić information content (AvgIpc) is 2.53. The van der Waals surface area contributed by atoms with E-state index in [1.807, 2.05) is 19.1 Å². The van der Waals surface area contributed by atoms with Gasteiger partial charge in [-0.3, -0.25) is 4.79 Å². The summed E-state index contributed by atoms with van der Waals surface area (Å²) in [6, 6.07) is 3.66. The number of hydrogen-bond donors (Lipinski definition) is 2. The lowest BCUT2D eigenvalue weighted by Gasteiger charge is -2.17. The minimum atomic E-state index is -0.127. The SMILES string of the molecule is Cc1nc2cc3c(cc2[nH]1)NC(=O)CO3. The predicted molar refractivity (Wildman–Crippen MR) is 55.0 cm³/mol. The molecule has 0 saturated carbocycles. The molecular formula is C10H9N3O2. The molecule has 15 heavy (non-hydrogen) atoms. The molecule has 5 nitrogen and oxygen atoms in total. The maximum Gasteiger partial charge on any atom is 0.262 e. The third-order valence-electron chi connectivity index (χ3n) is 2.33. The number of aromatic nitrogens is 2. The van der Waals surface area contributed by atoms with Crippen LogP contribution in [0.4, 0.5) is 5.69 Å². The fourth-order valence-corrected chi connectivity index (χ4v) is 1.71. The first-order valence-electron chi connectivity index (χ1n) is 4.65. The van der Waals surface area contributed by atoms with Crippen LogP contribution < -0.4 is 10.1 Å². The van der Waals surface area contributed by atoms with E-state index in [1.54, 1.807) is 0 Å². The third-order valence-corrected chi connectivity index (χ3v) is 2.33. The van der Waals surface area contributed by atoms with Gasteiger partial charge in [-0.2, -0.15) is 0 Å². The molecule has 0 atom stereocenters. The van der Waals surface area contributed by atoms with E-state index in [0.717, 1.165) is 16.9 Å². The highest BCUT2D eigenvalue weighted by atomic mass is 16.5. The number of carbonyl (C=O) groups excluding carboxylic acids is 1. The van der Waals surface area contributed by atoms with E-state index in [2.05, 4.69) is 15.3 Å². The van der Waals surface area contributed by atoms with Gasteiger partial charge in [0.15, 0.2) is 6.61 Å². The summed E-state index contributed by atoms with van der Waals surface area (Å²) < 4.78 is 5.29. The summed E-state index contributed by atoms with van der Waals surface area (Å²) in [7, 11) is 0. The van der Waals surface area contributed by atoms with Crippen molar-refractivity contribution in [1.82, 2.24) is 9.97 Å². The number of hydrogen-bond acceptors (Lipinski definition) is 3. The summed E-state index contributed by atoms with van der Waals surface area (Å²) in [5, 5.41) is 2.75. The highest BCUT2D eigenvalue weighted by Crippen LogP contribution is 2.31. The minimum absolute atomic E-state index is 0.0713. The van der Waals surface area contributed by atoms with Crippen molar-refractivity contribution < 1.29 is 9.53 Å². The number of rotatable bonds is 0. The first kappa shape index (κ1) is 8.28. The second-order valence-corrected chi connectivity index (χ2v) is 3.52. The highest BCUT2D eigenvalue weighted by molar-refractivity contribution is 5.98. The van der Waals surface area contributed by atoms with Gasteiger partial charge in [-0.05, 0) is 13.0 Å². The smallest absolute Gasteiger partial charge is 0.262 e. The van der Waals surface area contributed by atoms with E-state index >= 15 is 0 Å². The summed E-state index contributed by atoms with van der Waals surface area (Å²) >= 11 is 0. The van der Waals surface area contributed by atoms with Crippen LogP contribution in [-0.4, -0.2) is 22.5 Å². The molecule has 76 valence electrons. The van der Waals surface area contributed by atoms with Crippen molar-refractivity contribution in [3.05, 3.63) is 18.0 Å². The molecule has 0 bridgehead atoms. The fraction of sp³-hybridized carbons (Fsp3) is 0.200. The Bertz CT molecular complexity index is 559. The van der Waals surface area contributed by atoms with Gasteiger partial charge in [0.05, 0.1) is 16.7 Å². The number of amides is 1. The Morgan fingerprint density at radius 3 is 3.20 bits per heavy atom. The van der Waals surface area contributed by atoms with Crippen molar-refractivity contribution in [2.75, 3.05) is 11.9 Å². The molecule has 2 aromatic rings. The Balaban J connectivity index is 2.23. The quantitative estimate of drug-likeness (QED) is 0.676. The zero-order chi connectivity index (χ0) is 10.4. The van der Waals surface area contributed by atoms with Gasteiger partial charge in [-0.25, -0.2) is 4.98 Å². The number of ether oxygens (including phenoxy) is 1. The van der Waals surface area contributed by atoms with Gasteiger partial charge in [0.1, 0.15) is 11.6 Å². The molecule has 3 rings (SSSR count). The number of H-pyrrole nitrogens is 1. The monoisotopic (exact) mass is 203 g/mol. The molecule has 1 aliphatic heterocycles. The lowest BCUT2D eigenvalue weighted by Crippen LogP contribution is -2.25. The molecule has 0 aliphatic carbocycles. The maximum atomic E-state index is 11.1. The lowest BCUT2D eigenvalue weighted by molar-refractivity contribution is -0.118. The van der Waals surface area contributed by atoms with Gasteiger partial charge < -0.3 is 15.0 Å². The van der Waals surface area contributed by atoms with Crippen molar-refractivity contribution in [2.45, 2.75) is 6.92 Å². The number of nitrogens with one attached hydrogen (secondary N) is 2. The molecular weight excluding hydrogens is 194 g/mol. The van der Waals surface area contributed by atoms with Crippen molar-refractivity contribution in [2.24, 2.45) is 0 Å². The summed E-state index contributed by atoms with van der Waals surface area (Å²) in [4.78, 5) is 18.5. The molecule has 5 heteroatoms. The largest absolute Gasteiger partial charge is 0.481 e. The molecule has 1 aromatic heterocycles. The third kappa shape index (κ3) is 1.24. The Morgan fingerprint density at radius 1 is 1.47 bits per heavy atom. The van der Waals surface area contributed by atoms with Crippen LogP contribution in [0.2, 0.25) is 0 Å². The number of aryl methyl sites for hydroxylation is 1. The van der Waals surface area contributed by atoms with Gasteiger partial charge in [0.2, 0.25) is 0 Å². The van der Waals surface area contributed by atoms with Crippen molar-refractivity contribution in [3.8, 4) is 5.75 Å². The number of imidazole rings is 1. The number of aromatic amines is 1. The van der Waals surface area contributed by atoms with E-state index in [1.165, 1.54) is 0 Å². The topological polar surface area (TPSA) is 67.0 Å². The molecule has 2 N–H and O–H groups in total. The van der Waals surface area contributed by atoms with E-state index in [4.69, 9.17) is 4.74 Å². The van der Waals surface area contributed by atoms with E-state index < -0.39 is 0 Å². The van der Waals surface area contributed by atoms with Crippen LogP contribution in [0.5, 0.6) is 5.75 Å². The van der Waals surface area contributed by atoms with Crippen molar-refractivity contribution in [1.29, 1.82) is 0 Å². The van der Waals surface area contributed by atoms with E-state index in [-0.39, 0.29) is 12.5 Å². The molecule has 1 amide bonds. The molecule has 0 fully saturated rings. The molecule has 0 spiro atoms. The van der Waals surface area contributed by atoms with Gasteiger partial charge in [0.25, 0.3) is 5.91 Å². The molecule has 0 radical (unpaired) electrons. The van der Waals surface area contributed by atoms with Crippen LogP contribution in [-0.2, 0) is 4.79 Å². The maximum absolute atomic E-state index is 11.1. The zero-order valence-corrected chi connectivity index (χ0v) is 8.13. The minimum Gasteiger partial charge on any atom is -0.481 e. The Labute approximate surface area is 85.5 Å². The second-order valence-electron chi connectivity index (χ2n) is 3.52. The van der Waals surface area contributed by atoms with Crippen LogP contribution in [0.3, 0.4) is 0 Å². The molecule has 0 saturated heterocycles. The van der Waals surface area contributed by atoms with Crippen molar-refractivity contribution in [3.63, 3.8) is 0 Å². The first-order valence-corrected chi connectivity index (χ1v) is 4.65. The molecule has 1 aliphatic rings. The van der Waals surface area contributed by atoms with Crippen LogP contribution in [0.15, 0.2) is 12.1 Å². The summed E-state index contributed by atoms with van der Waals surface area (Å²) in [5.74, 6) is 1.39. The molecule has 2 heterocycles. The number of anilines is 1. The number of nitrogens with zero attached hydrogens (tertiary/aromatic N) is 1. The van der Waals surface area contributed by atoms with Gasteiger partial charge in [0, 0.05) is 6.07 Å². The Morgan fingerprint density at radius 2 is 2.33 bits per heavy atom. The standard InChI is InChI=1S/C10H9N3O2/c1-5-11-6-2-8-9(3-7(6)12-5)15-4-10(14)13-8/h2-3H,4H2,1H3,(H,11,12)(H,13,14). The van der Waals surface area contributed by atoms with Gasteiger partial charge in [-0.1, -0.05) is 0 Å². The number of carbonyl (C=O) groups is 1. The Hall–Kier alpha value is -2.04. The van der Waals surface area contributed by atoms with Gasteiger partial charge in [-0.15, -0.1) is 0 Å². The number of benzene rings is 1. The first-order chi connectivity index (χ1) is 7.22. The van der Waals surface area contributed by atoms with Crippen LogP contribution >= 0.6 is 0 Å². The van der Waals surface area contributed by atoms with E-state index in [0.29, 0.717) is 11.4 Å². The fourth-order valence-electron chi connectivity index (χ4n) is 1.71. The van der Waals surface area contributed by atoms with Crippen LogP contribution in [0.1, 0.15) is 5.82 Å². The van der Waals surface area contributed by atoms with Crippen LogP contribution in [0.25, 0.3) is 11.0 Å². The average molecular weight is 203 g/mol.